The van der Waals surface area contributed by atoms with Crippen LogP contribution in [0.5, 0.6) is 0 Å². The molecule has 0 rings (SSSR count). The van der Waals surface area contributed by atoms with Gasteiger partial charge >= 0.3 is 0 Å². The fourth-order valence-electron chi connectivity index (χ4n) is 0.323. The van der Waals surface area contributed by atoms with Crippen LogP contribution in [0.2, 0.25) is 0 Å². The summed E-state index contributed by atoms with van der Waals surface area (Å²) in [7, 11) is 1.80. The van der Waals surface area contributed by atoms with E-state index in [4.69, 9.17) is 5.84 Å². The van der Waals surface area contributed by atoms with E-state index in [1.165, 1.54) is 0 Å². The third kappa shape index (κ3) is 2.25. The summed E-state index contributed by atoms with van der Waals surface area (Å²) >= 11 is 0. The summed E-state index contributed by atoms with van der Waals surface area (Å²) in [5.41, 5.74) is 3.24. The standard InChI is InChI=1S/C5H11N3/c1-3-5(7-2)4-8-6/h3-4,7-8H,1,6H2,2H3/b5-4+. The smallest absolute Gasteiger partial charge is 0.0505 e. The molecule has 0 aliphatic heterocycles. The van der Waals surface area contributed by atoms with E-state index in [0.717, 1.165) is 5.70 Å². The molecule has 0 aliphatic rings. The minimum atomic E-state index is 0.868. The van der Waals surface area contributed by atoms with Crippen LogP contribution < -0.4 is 16.6 Å². The van der Waals surface area contributed by atoms with Crippen LogP contribution in [0, 0.1) is 0 Å². The van der Waals surface area contributed by atoms with Gasteiger partial charge in [-0.05, 0) is 6.08 Å². The van der Waals surface area contributed by atoms with Crippen LogP contribution in [0.4, 0.5) is 0 Å². The van der Waals surface area contributed by atoms with Gasteiger partial charge in [0.2, 0.25) is 0 Å². The molecule has 0 saturated carbocycles. The Morgan fingerprint density at radius 2 is 2.38 bits per heavy atom. The lowest BCUT2D eigenvalue weighted by Crippen LogP contribution is -2.17. The van der Waals surface area contributed by atoms with E-state index in [0.29, 0.717) is 0 Å². The second kappa shape index (κ2) is 4.21. The molecule has 0 aromatic rings. The van der Waals surface area contributed by atoms with Crippen LogP contribution in [0.1, 0.15) is 0 Å². The number of likely N-dealkylation sites (N-methyl/N-ethyl adjacent to an activating group) is 1. The highest BCUT2D eigenvalue weighted by Crippen LogP contribution is 1.81. The Morgan fingerprint density at radius 1 is 1.75 bits per heavy atom. The lowest BCUT2D eigenvalue weighted by atomic mass is 10.5. The lowest BCUT2D eigenvalue weighted by Gasteiger charge is -1.96. The second-order valence-corrected chi connectivity index (χ2v) is 1.22. The molecular formula is C5H11N3. The Balaban J connectivity index is 3.66. The molecule has 0 heterocycles. The van der Waals surface area contributed by atoms with Crippen LogP contribution in [0.15, 0.2) is 24.6 Å². The monoisotopic (exact) mass is 113 g/mol. The molecule has 0 radical (unpaired) electrons. The van der Waals surface area contributed by atoms with Crippen molar-refractivity contribution in [2.45, 2.75) is 0 Å². The Kier molecular flexibility index (Phi) is 3.70. The number of nitrogens with two attached hydrogens (primary N) is 1. The fraction of sp³-hybridized carbons (Fsp3) is 0.200. The molecule has 8 heavy (non-hydrogen) atoms. The highest BCUT2D eigenvalue weighted by molar-refractivity contribution is 5.11. The first-order valence-corrected chi connectivity index (χ1v) is 2.31. The molecular weight excluding hydrogens is 102 g/mol. The van der Waals surface area contributed by atoms with E-state index in [1.54, 1.807) is 19.3 Å². The molecule has 0 atom stereocenters. The summed E-state index contributed by atoms with van der Waals surface area (Å²) in [4.78, 5) is 0. The Labute approximate surface area is 49.2 Å². The van der Waals surface area contributed by atoms with Crippen LogP contribution in [0.25, 0.3) is 0 Å². The maximum absolute atomic E-state index is 4.97. The molecule has 0 aromatic heterocycles. The normalized spacial score (nSPS) is 10.5. The molecule has 46 valence electrons. The van der Waals surface area contributed by atoms with Crippen LogP contribution in [-0.2, 0) is 0 Å². The van der Waals surface area contributed by atoms with Gasteiger partial charge in [-0.25, -0.2) is 0 Å². The summed E-state index contributed by atoms with van der Waals surface area (Å²) in [5, 5.41) is 2.85. The van der Waals surface area contributed by atoms with Gasteiger partial charge in [-0.3, -0.25) is 5.84 Å². The van der Waals surface area contributed by atoms with Crippen molar-refractivity contribution in [3.8, 4) is 0 Å². The second-order valence-electron chi connectivity index (χ2n) is 1.22. The molecule has 0 spiro atoms. The van der Waals surface area contributed by atoms with E-state index in [2.05, 4.69) is 17.3 Å². The summed E-state index contributed by atoms with van der Waals surface area (Å²) < 4.78 is 0. The van der Waals surface area contributed by atoms with Gasteiger partial charge in [-0.15, -0.1) is 0 Å². The minimum Gasteiger partial charge on any atom is -0.387 e. The maximum atomic E-state index is 4.97. The zero-order valence-electron chi connectivity index (χ0n) is 4.94. The molecule has 4 N–H and O–H groups in total. The van der Waals surface area contributed by atoms with Crippen molar-refractivity contribution in [2.75, 3.05) is 7.05 Å². The molecule has 0 saturated heterocycles. The van der Waals surface area contributed by atoms with E-state index in [-0.39, 0.29) is 0 Å². The average molecular weight is 113 g/mol. The number of hydrogen-bond acceptors (Lipinski definition) is 3. The first kappa shape index (κ1) is 7.04. The predicted molar refractivity (Wildman–Crippen MR) is 34.7 cm³/mol. The Bertz CT molecular complexity index is 95.8. The SMILES string of the molecule is C=C/C(=C\NN)NC. The Hall–Kier alpha value is -0.960. The quantitative estimate of drug-likeness (QED) is 0.267. The van der Waals surface area contributed by atoms with Crippen molar-refractivity contribution >= 4 is 0 Å². The van der Waals surface area contributed by atoms with Gasteiger partial charge in [0, 0.05) is 13.2 Å². The van der Waals surface area contributed by atoms with Crippen molar-refractivity contribution in [2.24, 2.45) is 5.84 Å². The van der Waals surface area contributed by atoms with Crippen LogP contribution in [0.3, 0.4) is 0 Å². The molecule has 0 fully saturated rings. The molecule has 0 aromatic carbocycles. The van der Waals surface area contributed by atoms with Gasteiger partial charge in [0.15, 0.2) is 0 Å². The number of allylic oxidation sites excluding steroid dienone is 1. The molecule has 0 bridgehead atoms. The first-order valence-electron chi connectivity index (χ1n) is 2.31. The van der Waals surface area contributed by atoms with Gasteiger partial charge in [0.05, 0.1) is 5.70 Å². The minimum absolute atomic E-state index is 0.868. The predicted octanol–water partition coefficient (Wildman–Crippen LogP) is -0.304. The molecule has 0 amide bonds. The number of hydrazine groups is 1. The molecule has 0 unspecified atom stereocenters. The largest absolute Gasteiger partial charge is 0.387 e. The van der Waals surface area contributed by atoms with Crippen molar-refractivity contribution in [1.29, 1.82) is 0 Å². The van der Waals surface area contributed by atoms with Gasteiger partial charge in [-0.2, -0.15) is 0 Å². The molecule has 0 aliphatic carbocycles. The zero-order valence-corrected chi connectivity index (χ0v) is 4.94. The number of nitrogens with one attached hydrogen (secondary N) is 2. The van der Waals surface area contributed by atoms with Crippen molar-refractivity contribution in [3.05, 3.63) is 24.6 Å². The highest BCUT2D eigenvalue weighted by Gasteiger charge is 1.78. The van der Waals surface area contributed by atoms with Crippen LogP contribution >= 0.6 is 0 Å². The Morgan fingerprint density at radius 3 is 2.50 bits per heavy atom. The highest BCUT2D eigenvalue weighted by atomic mass is 15.2. The lowest BCUT2D eigenvalue weighted by molar-refractivity contribution is 0.918. The van der Waals surface area contributed by atoms with E-state index in [1.807, 2.05) is 0 Å². The topological polar surface area (TPSA) is 50.1 Å². The van der Waals surface area contributed by atoms with E-state index in [9.17, 15) is 0 Å². The third-order valence-electron chi connectivity index (χ3n) is 0.747. The average Bonchev–Trinajstić information content (AvgIpc) is 1.83. The summed E-state index contributed by atoms with van der Waals surface area (Å²) in [6.07, 6.45) is 3.28. The van der Waals surface area contributed by atoms with E-state index < -0.39 is 0 Å². The summed E-state index contributed by atoms with van der Waals surface area (Å²) in [6, 6.07) is 0. The molecule has 3 nitrogen and oxygen atoms in total. The van der Waals surface area contributed by atoms with Gasteiger partial charge in [0.1, 0.15) is 0 Å². The van der Waals surface area contributed by atoms with Crippen LogP contribution in [-0.4, -0.2) is 7.05 Å². The van der Waals surface area contributed by atoms with Gasteiger partial charge < -0.3 is 10.7 Å². The van der Waals surface area contributed by atoms with Crippen molar-refractivity contribution in [1.82, 2.24) is 10.7 Å². The first-order chi connectivity index (χ1) is 3.85. The fourth-order valence-corrected chi connectivity index (χ4v) is 0.323. The van der Waals surface area contributed by atoms with Crippen molar-refractivity contribution in [3.63, 3.8) is 0 Å². The third-order valence-corrected chi connectivity index (χ3v) is 0.747. The zero-order chi connectivity index (χ0) is 6.41. The number of rotatable bonds is 3. The molecule has 3 heteroatoms. The summed E-state index contributed by atoms with van der Waals surface area (Å²) in [6.45, 7) is 3.52. The number of hydrogen-bond donors (Lipinski definition) is 3. The van der Waals surface area contributed by atoms with Gasteiger partial charge in [0.25, 0.3) is 0 Å². The van der Waals surface area contributed by atoms with E-state index >= 15 is 0 Å². The maximum Gasteiger partial charge on any atom is 0.0505 e. The summed E-state index contributed by atoms with van der Waals surface area (Å²) in [5.74, 6) is 4.97. The van der Waals surface area contributed by atoms with Gasteiger partial charge in [-0.1, -0.05) is 6.58 Å². The van der Waals surface area contributed by atoms with Crippen molar-refractivity contribution < 1.29 is 0 Å².